The quantitative estimate of drug-likeness (QED) is 0.673. The molecule has 3 aromatic rings. The largest absolute Gasteiger partial charge is 0.497 e. The summed E-state index contributed by atoms with van der Waals surface area (Å²) in [6.07, 6.45) is 3.00. The molecule has 1 atom stereocenters. The molecule has 0 spiro atoms. The van der Waals surface area contributed by atoms with Crippen LogP contribution in [-0.4, -0.2) is 19.1 Å². The fourth-order valence-electron chi connectivity index (χ4n) is 3.18. The van der Waals surface area contributed by atoms with Crippen LogP contribution in [0.3, 0.4) is 0 Å². The van der Waals surface area contributed by atoms with E-state index in [0.29, 0.717) is 0 Å². The minimum atomic E-state index is 0.224. The molecular formula is C21H20N2OS. The van der Waals surface area contributed by atoms with Crippen molar-refractivity contribution in [3.63, 3.8) is 0 Å². The van der Waals surface area contributed by atoms with Crippen molar-refractivity contribution < 1.29 is 4.74 Å². The smallest absolute Gasteiger partial charge is 0.119 e. The molecule has 0 radical (unpaired) electrons. The number of ether oxygens (including phenoxy) is 1. The molecule has 25 heavy (non-hydrogen) atoms. The van der Waals surface area contributed by atoms with Gasteiger partial charge < -0.3 is 10.2 Å². The van der Waals surface area contributed by atoms with Crippen LogP contribution in [0.5, 0.6) is 5.75 Å². The Hall–Kier alpha value is -2.46. The van der Waals surface area contributed by atoms with E-state index >= 15 is 0 Å². The van der Waals surface area contributed by atoms with Gasteiger partial charge in [-0.05, 0) is 58.5 Å². The molecule has 1 heterocycles. The minimum absolute atomic E-state index is 0.224. The van der Waals surface area contributed by atoms with Crippen LogP contribution in [0.4, 0.5) is 0 Å². The zero-order chi connectivity index (χ0) is 17.2. The van der Waals surface area contributed by atoms with Crippen molar-refractivity contribution in [3.05, 3.63) is 71.8 Å². The van der Waals surface area contributed by atoms with Gasteiger partial charge in [0.2, 0.25) is 0 Å². The summed E-state index contributed by atoms with van der Waals surface area (Å²) in [5, 5.41) is 6.98. The summed E-state index contributed by atoms with van der Waals surface area (Å²) in [6.45, 7) is 0. The highest BCUT2D eigenvalue weighted by Gasteiger charge is 2.21. The molecule has 3 aromatic carbocycles. The molecule has 1 unspecified atom stereocenters. The van der Waals surface area contributed by atoms with Gasteiger partial charge in [-0.15, -0.1) is 11.8 Å². The van der Waals surface area contributed by atoms with Gasteiger partial charge in [0.05, 0.1) is 18.9 Å². The van der Waals surface area contributed by atoms with Crippen molar-refractivity contribution in [2.24, 2.45) is 5.10 Å². The van der Waals surface area contributed by atoms with E-state index in [4.69, 9.17) is 4.74 Å². The molecule has 0 saturated carbocycles. The van der Waals surface area contributed by atoms with Crippen LogP contribution in [-0.2, 0) is 0 Å². The van der Waals surface area contributed by atoms with Gasteiger partial charge in [0.25, 0.3) is 0 Å². The molecule has 126 valence electrons. The predicted molar refractivity (Wildman–Crippen MR) is 106 cm³/mol. The maximum Gasteiger partial charge on any atom is 0.119 e. The van der Waals surface area contributed by atoms with Crippen LogP contribution in [0, 0.1) is 0 Å². The number of thioether (sulfide) groups is 1. The highest BCUT2D eigenvalue weighted by Crippen LogP contribution is 2.29. The Morgan fingerprint density at radius 1 is 1.00 bits per heavy atom. The molecule has 1 N–H and O–H groups in total. The molecular weight excluding hydrogens is 328 g/mol. The summed E-state index contributed by atoms with van der Waals surface area (Å²) in [4.78, 5) is 1.27. The van der Waals surface area contributed by atoms with Crippen molar-refractivity contribution in [2.75, 3.05) is 13.4 Å². The lowest BCUT2D eigenvalue weighted by atomic mass is 9.97. The molecule has 0 aromatic heterocycles. The normalized spacial score (nSPS) is 16.6. The standard InChI is InChI=1S/C21H20N2OS/c1-24-18-8-5-15-11-17(4-3-16(15)12-18)21-13-20(22-23-21)14-6-9-19(25-2)10-7-14/h3-12,21,23H,13H2,1-2H3. The monoisotopic (exact) mass is 348 g/mol. The molecule has 1 aliphatic rings. The van der Waals surface area contributed by atoms with E-state index in [9.17, 15) is 0 Å². The second kappa shape index (κ2) is 6.81. The third-order valence-corrected chi connectivity index (χ3v) is 5.39. The van der Waals surface area contributed by atoms with Gasteiger partial charge in [-0.1, -0.05) is 30.3 Å². The summed E-state index contributed by atoms with van der Waals surface area (Å²) in [5.74, 6) is 0.888. The summed E-state index contributed by atoms with van der Waals surface area (Å²) in [5.41, 5.74) is 6.87. The number of nitrogens with one attached hydrogen (secondary N) is 1. The van der Waals surface area contributed by atoms with Crippen LogP contribution < -0.4 is 10.2 Å². The molecule has 0 saturated heterocycles. The van der Waals surface area contributed by atoms with Gasteiger partial charge in [-0.2, -0.15) is 5.10 Å². The van der Waals surface area contributed by atoms with Crippen molar-refractivity contribution in [1.82, 2.24) is 5.43 Å². The summed E-state index contributed by atoms with van der Waals surface area (Å²) in [6, 6.07) is 21.6. The van der Waals surface area contributed by atoms with E-state index in [1.165, 1.54) is 26.8 Å². The third kappa shape index (κ3) is 3.22. The molecule has 0 fully saturated rings. The van der Waals surface area contributed by atoms with Gasteiger partial charge in [0.1, 0.15) is 5.75 Å². The maximum atomic E-state index is 5.30. The van der Waals surface area contributed by atoms with Crippen LogP contribution in [0.2, 0.25) is 0 Å². The number of nitrogens with zero attached hydrogens (tertiary/aromatic N) is 1. The number of benzene rings is 3. The predicted octanol–water partition coefficient (Wildman–Crippen LogP) is 5.01. The van der Waals surface area contributed by atoms with E-state index in [-0.39, 0.29) is 6.04 Å². The molecule has 4 heteroatoms. The van der Waals surface area contributed by atoms with Gasteiger partial charge in [-0.3, -0.25) is 0 Å². The highest BCUT2D eigenvalue weighted by molar-refractivity contribution is 7.98. The van der Waals surface area contributed by atoms with E-state index < -0.39 is 0 Å². The first-order valence-electron chi connectivity index (χ1n) is 8.31. The van der Waals surface area contributed by atoms with Crippen molar-refractivity contribution >= 4 is 28.2 Å². The second-order valence-electron chi connectivity index (χ2n) is 6.15. The molecule has 3 nitrogen and oxygen atoms in total. The average molecular weight is 348 g/mol. The number of rotatable bonds is 4. The van der Waals surface area contributed by atoms with Crippen LogP contribution in [0.15, 0.2) is 70.7 Å². The fourth-order valence-corrected chi connectivity index (χ4v) is 3.59. The number of hydrazone groups is 1. The summed E-state index contributed by atoms with van der Waals surface area (Å²) in [7, 11) is 1.70. The van der Waals surface area contributed by atoms with Crippen LogP contribution in [0.1, 0.15) is 23.6 Å². The Labute approximate surface area is 152 Å². The topological polar surface area (TPSA) is 33.6 Å². The van der Waals surface area contributed by atoms with Gasteiger partial charge >= 0.3 is 0 Å². The van der Waals surface area contributed by atoms with E-state index in [0.717, 1.165) is 17.9 Å². The summed E-state index contributed by atoms with van der Waals surface area (Å²) < 4.78 is 5.30. The molecule has 0 bridgehead atoms. The number of hydrogen-bond donors (Lipinski definition) is 1. The van der Waals surface area contributed by atoms with Crippen molar-refractivity contribution in [1.29, 1.82) is 0 Å². The Bertz CT molecular complexity index is 934. The number of fused-ring (bicyclic) bond motifs is 1. The Kier molecular flexibility index (Phi) is 4.36. The lowest BCUT2D eigenvalue weighted by Crippen LogP contribution is -2.09. The summed E-state index contributed by atoms with van der Waals surface area (Å²) >= 11 is 1.76. The third-order valence-electron chi connectivity index (χ3n) is 4.65. The van der Waals surface area contributed by atoms with Gasteiger partial charge in [0, 0.05) is 11.3 Å². The molecule has 0 aliphatic carbocycles. The Balaban J connectivity index is 1.54. The van der Waals surface area contributed by atoms with Gasteiger partial charge in [-0.25, -0.2) is 0 Å². The molecule has 4 rings (SSSR count). The first-order valence-corrected chi connectivity index (χ1v) is 9.53. The van der Waals surface area contributed by atoms with Crippen LogP contribution in [0.25, 0.3) is 10.8 Å². The first-order chi connectivity index (χ1) is 12.3. The zero-order valence-corrected chi connectivity index (χ0v) is 15.1. The lowest BCUT2D eigenvalue weighted by molar-refractivity contribution is 0.415. The number of hydrogen-bond acceptors (Lipinski definition) is 4. The van der Waals surface area contributed by atoms with Crippen molar-refractivity contribution in [2.45, 2.75) is 17.4 Å². The Morgan fingerprint density at radius 2 is 1.76 bits per heavy atom. The highest BCUT2D eigenvalue weighted by atomic mass is 32.2. The molecule has 1 aliphatic heterocycles. The van der Waals surface area contributed by atoms with E-state index in [1.807, 2.05) is 6.07 Å². The van der Waals surface area contributed by atoms with Crippen molar-refractivity contribution in [3.8, 4) is 5.75 Å². The van der Waals surface area contributed by atoms with E-state index in [1.54, 1.807) is 18.9 Å². The van der Waals surface area contributed by atoms with Crippen LogP contribution >= 0.6 is 11.8 Å². The first kappa shape index (κ1) is 16.0. The average Bonchev–Trinajstić information content (AvgIpc) is 3.17. The second-order valence-corrected chi connectivity index (χ2v) is 7.02. The SMILES string of the molecule is COc1ccc2cc(C3CC(c4ccc(SC)cc4)=NN3)ccc2c1. The zero-order valence-electron chi connectivity index (χ0n) is 14.3. The fraction of sp³-hybridized carbons (Fsp3) is 0.190. The Morgan fingerprint density at radius 3 is 2.52 bits per heavy atom. The molecule has 0 amide bonds. The number of methoxy groups -OCH3 is 1. The van der Waals surface area contributed by atoms with Gasteiger partial charge in [0.15, 0.2) is 0 Å². The maximum absolute atomic E-state index is 5.30. The lowest BCUT2D eigenvalue weighted by Gasteiger charge is -2.12. The minimum Gasteiger partial charge on any atom is -0.497 e. The van der Waals surface area contributed by atoms with E-state index in [2.05, 4.69) is 71.4 Å².